The summed E-state index contributed by atoms with van der Waals surface area (Å²) in [5.74, 6) is -0.539. The van der Waals surface area contributed by atoms with E-state index in [4.69, 9.17) is 0 Å². The van der Waals surface area contributed by atoms with Crippen LogP contribution in [0.1, 0.15) is 11.7 Å². The van der Waals surface area contributed by atoms with Crippen molar-refractivity contribution in [1.82, 2.24) is 5.32 Å². The topological polar surface area (TPSA) is 99.3 Å². The first kappa shape index (κ1) is 16.5. The highest BCUT2D eigenvalue weighted by molar-refractivity contribution is 7.84. The van der Waals surface area contributed by atoms with Crippen molar-refractivity contribution in [1.29, 1.82) is 5.26 Å². The lowest BCUT2D eigenvalue weighted by Gasteiger charge is -2.37. The first-order valence-corrected chi connectivity index (χ1v) is 7.70. The minimum absolute atomic E-state index is 0.0449. The third kappa shape index (κ3) is 3.05. The van der Waals surface area contributed by atoms with E-state index < -0.39 is 17.0 Å². The number of benzene rings is 2. The number of nitrogens with zero attached hydrogens (tertiary/aromatic N) is 3. The van der Waals surface area contributed by atoms with E-state index in [-0.39, 0.29) is 16.3 Å². The zero-order valence-corrected chi connectivity index (χ0v) is 13.7. The van der Waals surface area contributed by atoms with Crippen molar-refractivity contribution in [3.8, 4) is 6.07 Å². The number of nitro groups is 1. The number of hydrogen-bond acceptors (Lipinski definition) is 6. The van der Waals surface area contributed by atoms with Gasteiger partial charge in [0.05, 0.1) is 9.95 Å². The molecule has 1 heterocycles. The third-order valence-corrected chi connectivity index (χ3v) is 4.21. The van der Waals surface area contributed by atoms with Crippen molar-refractivity contribution in [2.45, 2.75) is 6.17 Å². The van der Waals surface area contributed by atoms with Gasteiger partial charge in [-0.3, -0.25) is 14.9 Å². The quantitative estimate of drug-likeness (QED) is 0.503. The molecule has 3 rings (SSSR count). The number of carbonyl (C=O) groups is 1. The van der Waals surface area contributed by atoms with Crippen molar-refractivity contribution in [2.75, 3.05) is 4.90 Å². The number of carbonyl (C=O) groups excluding carboxylic acids is 1. The Morgan fingerprint density at radius 3 is 2.36 bits per heavy atom. The molecule has 1 amide bonds. The number of amides is 1. The maximum Gasteiger partial charge on any atom is 0.269 e. The molecule has 0 unspecified atom stereocenters. The molecule has 1 atom stereocenters. The van der Waals surface area contributed by atoms with Gasteiger partial charge in [0.2, 0.25) is 0 Å². The minimum atomic E-state index is -0.639. The molecule has 0 saturated heterocycles. The van der Waals surface area contributed by atoms with Gasteiger partial charge in [0, 0.05) is 17.8 Å². The second-order valence-corrected chi connectivity index (χ2v) is 5.66. The summed E-state index contributed by atoms with van der Waals surface area (Å²) in [6.07, 6.45) is -0.639. The summed E-state index contributed by atoms with van der Waals surface area (Å²) in [6, 6.07) is 16.9. The van der Waals surface area contributed by atoms with Crippen LogP contribution in [0.25, 0.3) is 0 Å². The molecule has 2 aromatic carbocycles. The fraction of sp³-hybridized carbons (Fsp3) is 0.0588. The Morgan fingerprint density at radius 1 is 1.16 bits per heavy atom. The van der Waals surface area contributed by atoms with E-state index in [0.29, 0.717) is 5.56 Å². The van der Waals surface area contributed by atoms with Crippen molar-refractivity contribution in [3.63, 3.8) is 0 Å². The molecule has 1 aliphatic rings. The van der Waals surface area contributed by atoms with Crippen LogP contribution in [-0.2, 0) is 4.79 Å². The van der Waals surface area contributed by atoms with Gasteiger partial charge in [0.25, 0.3) is 11.6 Å². The van der Waals surface area contributed by atoms with Crippen molar-refractivity contribution < 1.29 is 9.72 Å². The fourth-order valence-corrected chi connectivity index (χ4v) is 2.96. The highest BCUT2D eigenvalue weighted by atomic mass is 32.1. The number of rotatable bonds is 3. The summed E-state index contributed by atoms with van der Waals surface area (Å²) < 4.78 is 0. The average Bonchev–Trinajstić information content (AvgIpc) is 2.62. The number of anilines is 1. The number of nitro benzene ring substituents is 1. The second-order valence-electron chi connectivity index (χ2n) is 5.24. The largest absolute Gasteiger partial charge is 0.327 e. The lowest BCUT2D eigenvalue weighted by molar-refractivity contribution is -0.384. The molecule has 0 radical (unpaired) electrons. The maximum atomic E-state index is 12.2. The van der Waals surface area contributed by atoms with Gasteiger partial charge in [-0.1, -0.05) is 18.2 Å². The van der Waals surface area contributed by atoms with Crippen LogP contribution < -0.4 is 10.2 Å². The van der Waals surface area contributed by atoms with Gasteiger partial charge >= 0.3 is 0 Å². The third-order valence-electron chi connectivity index (χ3n) is 3.77. The van der Waals surface area contributed by atoms with E-state index in [1.165, 1.54) is 12.1 Å². The van der Waals surface area contributed by atoms with Crippen LogP contribution >= 0.6 is 12.6 Å². The smallest absolute Gasteiger partial charge is 0.269 e. The summed E-state index contributed by atoms with van der Waals surface area (Å²) in [5.41, 5.74) is 1.22. The Labute approximate surface area is 148 Å². The SMILES string of the molecule is N#CC1=C(S)N(c2ccccc2)[C@@H](c2ccc([N+](=O)[O-])cc2)NC1=O. The van der Waals surface area contributed by atoms with E-state index in [1.807, 2.05) is 36.4 Å². The van der Waals surface area contributed by atoms with Crippen LogP contribution in [0.5, 0.6) is 0 Å². The molecule has 0 fully saturated rings. The normalized spacial score (nSPS) is 17.0. The van der Waals surface area contributed by atoms with E-state index in [0.717, 1.165) is 5.69 Å². The predicted molar refractivity (Wildman–Crippen MR) is 94.5 cm³/mol. The number of thiol groups is 1. The average molecular weight is 352 g/mol. The van der Waals surface area contributed by atoms with Crippen molar-refractivity contribution in [2.24, 2.45) is 0 Å². The number of non-ortho nitro benzene ring substituents is 1. The minimum Gasteiger partial charge on any atom is -0.327 e. The molecule has 1 aliphatic heterocycles. The molecule has 124 valence electrons. The molecular weight excluding hydrogens is 340 g/mol. The maximum absolute atomic E-state index is 12.2. The van der Waals surface area contributed by atoms with Gasteiger partial charge in [-0.2, -0.15) is 5.26 Å². The monoisotopic (exact) mass is 352 g/mol. The van der Waals surface area contributed by atoms with Gasteiger partial charge < -0.3 is 10.2 Å². The standard InChI is InChI=1S/C17H12N4O3S/c18-10-14-16(22)19-15(11-6-8-13(9-7-11)21(23)24)20(17(14)25)12-4-2-1-3-5-12/h1-9,15,25H,(H,19,22)/t15-/m0/s1. The Bertz CT molecular complexity index is 904. The van der Waals surface area contributed by atoms with Crippen LogP contribution in [0.2, 0.25) is 0 Å². The lowest BCUT2D eigenvalue weighted by Crippen LogP contribution is -2.46. The predicted octanol–water partition coefficient (Wildman–Crippen LogP) is 2.89. The zero-order valence-electron chi connectivity index (χ0n) is 12.8. The molecule has 0 aliphatic carbocycles. The van der Waals surface area contributed by atoms with Crippen LogP contribution in [0.4, 0.5) is 11.4 Å². The number of hydrogen-bond donors (Lipinski definition) is 2. The van der Waals surface area contributed by atoms with Gasteiger partial charge in [-0.25, -0.2) is 0 Å². The highest BCUT2D eigenvalue weighted by Gasteiger charge is 2.34. The molecule has 0 spiro atoms. The van der Waals surface area contributed by atoms with Gasteiger partial charge in [-0.15, -0.1) is 12.6 Å². The summed E-state index contributed by atoms with van der Waals surface area (Å²) in [7, 11) is 0. The van der Waals surface area contributed by atoms with E-state index in [1.54, 1.807) is 17.0 Å². The summed E-state index contributed by atoms with van der Waals surface area (Å²) in [5, 5.41) is 23.0. The molecule has 2 aromatic rings. The lowest BCUT2D eigenvalue weighted by atomic mass is 10.1. The Balaban J connectivity index is 2.10. The number of nitrogens with one attached hydrogen (secondary N) is 1. The number of nitriles is 1. The van der Waals surface area contributed by atoms with Crippen LogP contribution in [0.3, 0.4) is 0 Å². The van der Waals surface area contributed by atoms with E-state index >= 15 is 0 Å². The molecule has 25 heavy (non-hydrogen) atoms. The molecule has 7 nitrogen and oxygen atoms in total. The Hall–Kier alpha value is -3.31. The fourth-order valence-electron chi connectivity index (χ4n) is 2.58. The molecule has 8 heteroatoms. The van der Waals surface area contributed by atoms with Gasteiger partial charge in [0.15, 0.2) is 0 Å². The van der Waals surface area contributed by atoms with Gasteiger partial charge in [0.1, 0.15) is 17.8 Å². The molecule has 0 bridgehead atoms. The zero-order chi connectivity index (χ0) is 18.0. The Morgan fingerprint density at radius 2 is 1.80 bits per heavy atom. The molecule has 0 saturated carbocycles. The number of para-hydroxylation sites is 1. The summed E-state index contributed by atoms with van der Waals surface area (Å²) in [6.45, 7) is 0. The van der Waals surface area contributed by atoms with E-state index in [9.17, 15) is 20.2 Å². The van der Waals surface area contributed by atoms with Crippen molar-refractivity contribution >= 4 is 29.9 Å². The Kier molecular flexibility index (Phi) is 4.41. The second kappa shape index (κ2) is 6.67. The first-order valence-electron chi connectivity index (χ1n) is 7.25. The first-order chi connectivity index (χ1) is 12.0. The molecule has 1 N–H and O–H groups in total. The van der Waals surface area contributed by atoms with Crippen molar-refractivity contribution in [3.05, 3.63) is 80.9 Å². The summed E-state index contributed by atoms with van der Waals surface area (Å²) >= 11 is 4.38. The summed E-state index contributed by atoms with van der Waals surface area (Å²) in [4.78, 5) is 24.2. The van der Waals surface area contributed by atoms with Crippen LogP contribution in [0.15, 0.2) is 65.2 Å². The molecule has 0 aromatic heterocycles. The highest BCUT2D eigenvalue weighted by Crippen LogP contribution is 2.35. The van der Waals surface area contributed by atoms with E-state index in [2.05, 4.69) is 17.9 Å². The van der Waals surface area contributed by atoms with Crippen LogP contribution in [0, 0.1) is 21.4 Å². The molecular formula is C17H12N4O3S. The van der Waals surface area contributed by atoms with Crippen LogP contribution in [-0.4, -0.2) is 10.8 Å². The van der Waals surface area contributed by atoms with Gasteiger partial charge in [-0.05, 0) is 29.8 Å².